The molecule has 1 N–H and O–H groups in total. The number of benzene rings is 2. The van der Waals surface area contributed by atoms with Crippen LogP contribution in [-0.4, -0.2) is 21.6 Å². The Bertz CT molecular complexity index is 1530. The van der Waals surface area contributed by atoms with Crippen LogP contribution in [0.15, 0.2) is 46.0 Å². The molecule has 1 unspecified atom stereocenters. The smallest absolute Gasteiger partial charge is 0.333 e. The van der Waals surface area contributed by atoms with Crippen LogP contribution in [0, 0.1) is 28.8 Å². The van der Waals surface area contributed by atoms with Gasteiger partial charge in [-0.05, 0) is 35.2 Å². The van der Waals surface area contributed by atoms with Crippen LogP contribution in [0.4, 0.5) is 19.0 Å². The summed E-state index contributed by atoms with van der Waals surface area (Å²) in [5.74, 6) is -4.59. The number of aromatic nitrogens is 2. The molecule has 0 radical (unpaired) electrons. The molecule has 2 aliphatic rings. The molecule has 0 spiro atoms. The summed E-state index contributed by atoms with van der Waals surface area (Å²) < 4.78 is 43.9. The number of amides is 1. The van der Waals surface area contributed by atoms with Gasteiger partial charge in [-0.2, -0.15) is 5.26 Å². The summed E-state index contributed by atoms with van der Waals surface area (Å²) in [7, 11) is 0. The minimum Gasteiger partial charge on any atom is -0.356 e. The zero-order valence-electron chi connectivity index (χ0n) is 19.6. The number of carbonyl (C=O) groups excluding carboxylic acids is 1. The summed E-state index contributed by atoms with van der Waals surface area (Å²) in [6.07, 6.45) is -0.101. The molecule has 37 heavy (non-hydrogen) atoms. The number of nitrogens with zero attached hydrogens (tertiary/aromatic N) is 4. The maximum Gasteiger partial charge on any atom is 0.333 e. The molecule has 0 aliphatic carbocycles. The molecule has 1 saturated heterocycles. The monoisotopic (exact) mass is 509 g/mol. The molecule has 3 heterocycles. The van der Waals surface area contributed by atoms with Crippen molar-refractivity contribution < 1.29 is 18.0 Å². The second-order valence-corrected chi connectivity index (χ2v) is 9.18. The van der Waals surface area contributed by atoms with Crippen molar-refractivity contribution in [3.8, 4) is 6.07 Å². The molecule has 0 saturated carbocycles. The lowest BCUT2D eigenvalue weighted by Gasteiger charge is -2.29. The first kappa shape index (κ1) is 24.4. The lowest BCUT2D eigenvalue weighted by molar-refractivity contribution is -0.123. The van der Waals surface area contributed by atoms with E-state index in [9.17, 15) is 32.8 Å². The molecule has 1 fully saturated rings. The van der Waals surface area contributed by atoms with E-state index in [1.165, 1.54) is 4.57 Å². The van der Waals surface area contributed by atoms with Crippen LogP contribution < -0.4 is 21.5 Å². The van der Waals surface area contributed by atoms with E-state index in [0.717, 1.165) is 27.8 Å². The third-order valence-electron chi connectivity index (χ3n) is 6.82. The normalized spacial score (nSPS) is 16.9. The first-order valence-electron chi connectivity index (χ1n) is 11.8. The Kier molecular flexibility index (Phi) is 6.33. The van der Waals surface area contributed by atoms with E-state index in [1.807, 2.05) is 30.3 Å². The van der Waals surface area contributed by atoms with Gasteiger partial charge in [-0.25, -0.2) is 18.0 Å². The number of nitrogens with one attached hydrogen (secondary N) is 1. The van der Waals surface area contributed by atoms with Gasteiger partial charge in [0.15, 0.2) is 17.5 Å². The highest BCUT2D eigenvalue weighted by atomic mass is 19.2. The molecule has 3 aromatic rings. The SMILES string of the molecule is N#CCn1c(N2Cc3ccccc3C2)c(Cc2cc(F)c(F)c(F)c2)c(=O)n(C2CCNC(=O)C2)c1=O. The zero-order valence-corrected chi connectivity index (χ0v) is 19.6. The third-order valence-corrected chi connectivity index (χ3v) is 6.82. The standard InChI is InChI=1S/C26H22F3N5O3/c27-20-10-15(11-21(28)23(20)29)9-19-24(32-13-16-3-1-2-4-17(16)14-32)33(8-6-30)26(37)34(25(19)36)18-5-7-31-22(35)12-18/h1-4,10-11,18H,5,7-9,12-14H2,(H,31,35). The van der Waals surface area contributed by atoms with E-state index >= 15 is 0 Å². The van der Waals surface area contributed by atoms with Crippen molar-refractivity contribution in [1.82, 2.24) is 14.5 Å². The van der Waals surface area contributed by atoms with Crippen molar-refractivity contribution in [2.45, 2.75) is 44.9 Å². The van der Waals surface area contributed by atoms with Gasteiger partial charge in [0.1, 0.15) is 12.4 Å². The predicted molar refractivity (Wildman–Crippen MR) is 127 cm³/mol. The van der Waals surface area contributed by atoms with Crippen LogP contribution in [0.25, 0.3) is 0 Å². The van der Waals surface area contributed by atoms with E-state index < -0.39 is 34.7 Å². The fourth-order valence-corrected chi connectivity index (χ4v) is 5.15. The average Bonchev–Trinajstić information content (AvgIpc) is 3.29. The van der Waals surface area contributed by atoms with Crippen molar-refractivity contribution in [3.63, 3.8) is 0 Å². The number of rotatable bonds is 5. The number of hydrogen-bond acceptors (Lipinski definition) is 5. The van der Waals surface area contributed by atoms with E-state index in [1.54, 1.807) is 4.90 Å². The minimum atomic E-state index is -1.63. The highest BCUT2D eigenvalue weighted by Gasteiger charge is 2.31. The van der Waals surface area contributed by atoms with Crippen molar-refractivity contribution in [3.05, 3.63) is 96.9 Å². The molecule has 2 aromatic carbocycles. The topological polar surface area (TPSA) is 100 Å². The Hall–Kier alpha value is -4.33. The van der Waals surface area contributed by atoms with Crippen LogP contribution >= 0.6 is 0 Å². The van der Waals surface area contributed by atoms with E-state index in [-0.39, 0.29) is 48.8 Å². The Morgan fingerprint density at radius 2 is 1.68 bits per heavy atom. The molecule has 5 rings (SSSR count). The molecule has 2 aliphatic heterocycles. The Balaban J connectivity index is 1.73. The van der Waals surface area contributed by atoms with Crippen LogP contribution in [0.5, 0.6) is 0 Å². The number of nitriles is 1. The first-order valence-corrected chi connectivity index (χ1v) is 11.8. The Morgan fingerprint density at radius 3 is 2.27 bits per heavy atom. The molecule has 190 valence electrons. The van der Waals surface area contributed by atoms with Gasteiger partial charge in [0, 0.05) is 32.5 Å². The fourth-order valence-electron chi connectivity index (χ4n) is 5.15. The lowest BCUT2D eigenvalue weighted by atomic mass is 10.0. The van der Waals surface area contributed by atoms with Crippen LogP contribution in [0.1, 0.15) is 41.1 Å². The summed E-state index contributed by atoms with van der Waals surface area (Å²) in [5, 5.41) is 12.2. The highest BCUT2D eigenvalue weighted by Crippen LogP contribution is 2.31. The van der Waals surface area contributed by atoms with Gasteiger partial charge in [-0.15, -0.1) is 0 Å². The third kappa shape index (κ3) is 4.39. The fraction of sp³-hybridized carbons (Fsp3) is 0.308. The van der Waals surface area contributed by atoms with Crippen LogP contribution in [-0.2, 0) is 30.8 Å². The van der Waals surface area contributed by atoms with Crippen molar-refractivity contribution in [2.24, 2.45) is 0 Å². The van der Waals surface area contributed by atoms with Gasteiger partial charge in [-0.1, -0.05) is 24.3 Å². The number of hydrogen-bond donors (Lipinski definition) is 1. The molecule has 1 atom stereocenters. The van der Waals surface area contributed by atoms with E-state index in [2.05, 4.69) is 5.32 Å². The number of halogens is 3. The maximum absolute atomic E-state index is 14.0. The number of fused-ring (bicyclic) bond motifs is 1. The number of anilines is 1. The summed E-state index contributed by atoms with van der Waals surface area (Å²) in [6.45, 7) is 0.560. The lowest BCUT2D eigenvalue weighted by Crippen LogP contribution is -2.49. The quantitative estimate of drug-likeness (QED) is 0.533. The zero-order chi connectivity index (χ0) is 26.3. The minimum absolute atomic E-state index is 0.0124. The second kappa shape index (κ2) is 9.61. The van der Waals surface area contributed by atoms with Crippen molar-refractivity contribution >= 4 is 11.7 Å². The second-order valence-electron chi connectivity index (χ2n) is 9.18. The van der Waals surface area contributed by atoms with E-state index in [0.29, 0.717) is 19.5 Å². The van der Waals surface area contributed by atoms with Gasteiger partial charge >= 0.3 is 5.69 Å². The first-order chi connectivity index (χ1) is 17.8. The van der Waals surface area contributed by atoms with Gasteiger partial charge in [0.05, 0.1) is 17.7 Å². The predicted octanol–water partition coefficient (Wildman–Crippen LogP) is 2.51. The summed E-state index contributed by atoms with van der Waals surface area (Å²) in [6, 6.07) is 10.4. The molecule has 0 bridgehead atoms. The molecule has 8 nitrogen and oxygen atoms in total. The molecular formula is C26H22F3N5O3. The molecular weight excluding hydrogens is 487 g/mol. The Morgan fingerprint density at radius 1 is 1.03 bits per heavy atom. The number of carbonyl (C=O) groups is 1. The van der Waals surface area contributed by atoms with Gasteiger partial charge in [0.2, 0.25) is 5.91 Å². The molecule has 1 aromatic heterocycles. The molecule has 1 amide bonds. The average molecular weight is 509 g/mol. The maximum atomic E-state index is 14.0. The largest absolute Gasteiger partial charge is 0.356 e. The van der Waals surface area contributed by atoms with E-state index in [4.69, 9.17) is 0 Å². The highest BCUT2D eigenvalue weighted by molar-refractivity contribution is 5.77. The van der Waals surface area contributed by atoms with Gasteiger partial charge < -0.3 is 10.2 Å². The van der Waals surface area contributed by atoms with Crippen molar-refractivity contribution in [2.75, 3.05) is 11.4 Å². The summed E-state index contributed by atoms with van der Waals surface area (Å²) in [5.41, 5.74) is 0.501. The van der Waals surface area contributed by atoms with Crippen molar-refractivity contribution in [1.29, 1.82) is 5.26 Å². The summed E-state index contributed by atoms with van der Waals surface area (Å²) in [4.78, 5) is 41.4. The summed E-state index contributed by atoms with van der Waals surface area (Å²) >= 11 is 0. The van der Waals surface area contributed by atoms with Gasteiger partial charge in [-0.3, -0.25) is 18.7 Å². The van der Waals surface area contributed by atoms with Crippen LogP contribution in [0.2, 0.25) is 0 Å². The Labute approximate surface area is 209 Å². The molecule has 11 heteroatoms. The van der Waals surface area contributed by atoms with Crippen LogP contribution in [0.3, 0.4) is 0 Å². The number of piperidine rings is 1. The van der Waals surface area contributed by atoms with Gasteiger partial charge in [0.25, 0.3) is 5.56 Å².